The highest BCUT2D eigenvalue weighted by Gasteiger charge is 2.12. The number of fused-ring (bicyclic) bond motifs is 1. The molecule has 7 heteroatoms. The normalized spacial score (nSPS) is 11.8. The van der Waals surface area contributed by atoms with Crippen LogP contribution in [0, 0.1) is 0 Å². The van der Waals surface area contributed by atoms with Crippen LogP contribution >= 0.6 is 11.3 Å². The number of ether oxygens (including phenoxy) is 3. The molecule has 0 radical (unpaired) electrons. The van der Waals surface area contributed by atoms with E-state index in [9.17, 15) is 4.79 Å². The molecule has 29 heavy (non-hydrogen) atoms. The number of carbonyl (C=O) groups is 1. The van der Waals surface area contributed by atoms with E-state index in [0.29, 0.717) is 10.9 Å². The second-order valence-electron chi connectivity index (χ2n) is 6.27. The maximum atomic E-state index is 10.9. The molecule has 6 nitrogen and oxygen atoms in total. The Balaban J connectivity index is 1.46. The molecule has 1 amide bonds. The van der Waals surface area contributed by atoms with E-state index in [4.69, 9.17) is 19.9 Å². The summed E-state index contributed by atoms with van der Waals surface area (Å²) in [7, 11) is 0. The molecular weight excluding hydrogens is 388 g/mol. The summed E-state index contributed by atoms with van der Waals surface area (Å²) in [6.45, 7) is 1.77. The first-order valence-electron chi connectivity index (χ1n) is 8.94. The van der Waals surface area contributed by atoms with Crippen molar-refractivity contribution < 1.29 is 19.0 Å². The molecular formula is C22H18N2O4S. The number of carbonyl (C=O) groups excluding carboxylic acids is 1. The fourth-order valence-electron chi connectivity index (χ4n) is 2.76. The first-order valence-corrected chi connectivity index (χ1v) is 9.76. The smallest absolute Gasteiger partial charge is 0.405 e. The third kappa shape index (κ3) is 4.64. The van der Waals surface area contributed by atoms with Crippen LogP contribution in [0.5, 0.6) is 22.4 Å². The lowest BCUT2D eigenvalue weighted by molar-refractivity contribution is 0.117. The zero-order chi connectivity index (χ0) is 20.2. The molecule has 1 heterocycles. The summed E-state index contributed by atoms with van der Waals surface area (Å²) in [5, 5.41) is 0.525. The van der Waals surface area contributed by atoms with Crippen molar-refractivity contribution in [1.82, 2.24) is 4.98 Å². The molecule has 0 aliphatic carbocycles. The van der Waals surface area contributed by atoms with E-state index in [0.717, 1.165) is 27.3 Å². The Morgan fingerprint density at radius 3 is 2.28 bits per heavy atom. The molecule has 3 aromatic carbocycles. The summed E-state index contributed by atoms with van der Waals surface area (Å²) in [5.74, 6) is 2.16. The summed E-state index contributed by atoms with van der Waals surface area (Å²) < 4.78 is 17.6. The molecule has 0 fully saturated rings. The second-order valence-corrected chi connectivity index (χ2v) is 7.27. The standard InChI is InChI=1S/C22H18N2O4S/c1-14(26-21(23)25)15-7-12-19-20(13-15)29-22(24-19)28-18-10-8-17(9-11-18)27-16-5-3-2-4-6-16/h2-14H,1H3,(H2,23,25). The number of hydrogen-bond acceptors (Lipinski definition) is 6. The molecule has 1 atom stereocenters. The highest BCUT2D eigenvalue weighted by molar-refractivity contribution is 7.20. The van der Waals surface area contributed by atoms with Crippen LogP contribution < -0.4 is 15.2 Å². The van der Waals surface area contributed by atoms with E-state index < -0.39 is 12.2 Å². The molecule has 0 spiro atoms. The van der Waals surface area contributed by atoms with Crippen molar-refractivity contribution in [2.24, 2.45) is 5.73 Å². The molecule has 1 unspecified atom stereocenters. The van der Waals surface area contributed by atoms with Crippen LogP contribution in [0.15, 0.2) is 72.8 Å². The Morgan fingerprint density at radius 2 is 1.59 bits per heavy atom. The number of nitrogens with zero attached hydrogens (tertiary/aromatic N) is 1. The molecule has 0 aliphatic heterocycles. The SMILES string of the molecule is CC(OC(N)=O)c1ccc2nc(Oc3ccc(Oc4ccccc4)cc3)sc2c1. The van der Waals surface area contributed by atoms with Crippen molar-refractivity contribution in [2.45, 2.75) is 13.0 Å². The fraction of sp³-hybridized carbons (Fsp3) is 0.0909. The summed E-state index contributed by atoms with van der Waals surface area (Å²) >= 11 is 1.41. The Hall–Kier alpha value is -3.58. The average molecular weight is 406 g/mol. The van der Waals surface area contributed by atoms with Gasteiger partial charge in [0.1, 0.15) is 23.4 Å². The van der Waals surface area contributed by atoms with Crippen molar-refractivity contribution in [3.63, 3.8) is 0 Å². The summed E-state index contributed by atoms with van der Waals surface area (Å²) in [6, 6.07) is 22.6. The lowest BCUT2D eigenvalue weighted by Gasteiger charge is -2.11. The van der Waals surface area contributed by atoms with Gasteiger partial charge in [0.2, 0.25) is 0 Å². The largest absolute Gasteiger partial charge is 0.457 e. The van der Waals surface area contributed by atoms with Crippen LogP contribution in [-0.2, 0) is 4.74 Å². The van der Waals surface area contributed by atoms with Gasteiger partial charge in [0.15, 0.2) is 0 Å². The van der Waals surface area contributed by atoms with Crippen molar-refractivity contribution in [1.29, 1.82) is 0 Å². The molecule has 0 bridgehead atoms. The number of rotatable bonds is 6. The van der Waals surface area contributed by atoms with Crippen molar-refractivity contribution in [3.8, 4) is 22.4 Å². The van der Waals surface area contributed by atoms with Gasteiger partial charge in [-0.1, -0.05) is 35.6 Å². The molecule has 4 aromatic rings. The highest BCUT2D eigenvalue weighted by atomic mass is 32.1. The predicted octanol–water partition coefficient (Wildman–Crippen LogP) is 6.04. The summed E-state index contributed by atoms with van der Waals surface area (Å²) in [5.41, 5.74) is 6.74. The van der Waals surface area contributed by atoms with E-state index in [1.807, 2.05) is 72.8 Å². The second kappa shape index (κ2) is 8.20. The Bertz CT molecular complexity index is 1130. The number of aromatic nitrogens is 1. The summed E-state index contributed by atoms with van der Waals surface area (Å²) in [4.78, 5) is 15.4. The Morgan fingerprint density at radius 1 is 0.931 bits per heavy atom. The maximum absolute atomic E-state index is 10.9. The number of benzene rings is 3. The van der Waals surface area contributed by atoms with Gasteiger partial charge in [-0.3, -0.25) is 0 Å². The first-order chi connectivity index (χ1) is 14.1. The predicted molar refractivity (Wildman–Crippen MR) is 112 cm³/mol. The van der Waals surface area contributed by atoms with Crippen LogP contribution in [0.4, 0.5) is 4.79 Å². The molecule has 0 saturated carbocycles. The van der Waals surface area contributed by atoms with Gasteiger partial charge in [-0.05, 0) is 61.0 Å². The average Bonchev–Trinajstić information content (AvgIpc) is 3.11. The molecule has 146 valence electrons. The van der Waals surface area contributed by atoms with Crippen molar-refractivity contribution in [3.05, 3.63) is 78.4 Å². The van der Waals surface area contributed by atoms with E-state index in [-0.39, 0.29) is 0 Å². The zero-order valence-electron chi connectivity index (χ0n) is 15.6. The monoisotopic (exact) mass is 406 g/mol. The molecule has 0 saturated heterocycles. The first kappa shape index (κ1) is 18.8. The van der Waals surface area contributed by atoms with Crippen LogP contribution in [-0.4, -0.2) is 11.1 Å². The minimum atomic E-state index is -0.800. The van der Waals surface area contributed by atoms with Crippen LogP contribution in [0.1, 0.15) is 18.6 Å². The molecule has 0 aliphatic rings. The zero-order valence-corrected chi connectivity index (χ0v) is 16.4. The number of thiazole rings is 1. The lowest BCUT2D eigenvalue weighted by atomic mass is 10.1. The van der Waals surface area contributed by atoms with Gasteiger partial charge in [-0.2, -0.15) is 0 Å². The summed E-state index contributed by atoms with van der Waals surface area (Å²) in [6.07, 6.45) is -1.23. The van der Waals surface area contributed by atoms with Gasteiger partial charge in [0.25, 0.3) is 5.19 Å². The van der Waals surface area contributed by atoms with Crippen molar-refractivity contribution in [2.75, 3.05) is 0 Å². The third-order valence-electron chi connectivity index (χ3n) is 4.16. The van der Waals surface area contributed by atoms with E-state index in [2.05, 4.69) is 4.98 Å². The molecule has 4 rings (SSSR count). The number of nitrogens with two attached hydrogens (primary N) is 1. The van der Waals surface area contributed by atoms with E-state index in [1.54, 1.807) is 6.92 Å². The van der Waals surface area contributed by atoms with Gasteiger partial charge >= 0.3 is 6.09 Å². The van der Waals surface area contributed by atoms with E-state index in [1.165, 1.54) is 11.3 Å². The third-order valence-corrected chi connectivity index (χ3v) is 5.06. The van der Waals surface area contributed by atoms with Gasteiger partial charge in [0.05, 0.1) is 10.2 Å². The van der Waals surface area contributed by atoms with E-state index >= 15 is 0 Å². The topological polar surface area (TPSA) is 83.7 Å². The molecule has 2 N–H and O–H groups in total. The number of hydrogen-bond donors (Lipinski definition) is 1. The number of primary amides is 1. The van der Waals surface area contributed by atoms with Crippen molar-refractivity contribution >= 4 is 27.6 Å². The minimum absolute atomic E-state index is 0.430. The lowest BCUT2D eigenvalue weighted by Crippen LogP contribution is -2.15. The highest BCUT2D eigenvalue weighted by Crippen LogP contribution is 2.34. The fourth-order valence-corrected chi connectivity index (χ4v) is 3.64. The van der Waals surface area contributed by atoms with Crippen LogP contribution in [0.2, 0.25) is 0 Å². The number of para-hydroxylation sites is 1. The Labute approximate surface area is 171 Å². The minimum Gasteiger partial charge on any atom is -0.457 e. The number of amides is 1. The quantitative estimate of drug-likeness (QED) is 0.422. The van der Waals surface area contributed by atoms with Gasteiger partial charge in [-0.15, -0.1) is 0 Å². The Kier molecular flexibility index (Phi) is 5.31. The van der Waals surface area contributed by atoms with Gasteiger partial charge in [0, 0.05) is 0 Å². The van der Waals surface area contributed by atoms with Gasteiger partial charge < -0.3 is 19.9 Å². The van der Waals surface area contributed by atoms with Gasteiger partial charge in [-0.25, -0.2) is 9.78 Å². The van der Waals surface area contributed by atoms with Crippen LogP contribution in [0.25, 0.3) is 10.2 Å². The maximum Gasteiger partial charge on any atom is 0.405 e. The van der Waals surface area contributed by atoms with Crippen LogP contribution in [0.3, 0.4) is 0 Å². The molecule has 1 aromatic heterocycles.